The molecular formula is C13H18N4O. The van der Waals surface area contributed by atoms with E-state index in [-0.39, 0.29) is 0 Å². The van der Waals surface area contributed by atoms with Gasteiger partial charge in [0.25, 0.3) is 0 Å². The fourth-order valence-electron chi connectivity index (χ4n) is 1.71. The molecule has 5 nitrogen and oxygen atoms in total. The molecule has 0 aromatic carbocycles. The van der Waals surface area contributed by atoms with Gasteiger partial charge in [-0.25, -0.2) is 4.98 Å². The van der Waals surface area contributed by atoms with Crippen LogP contribution in [0.2, 0.25) is 0 Å². The summed E-state index contributed by atoms with van der Waals surface area (Å²) in [6.07, 6.45) is 8.35. The zero-order valence-electron chi connectivity index (χ0n) is 10.5. The molecule has 0 atom stereocenters. The van der Waals surface area contributed by atoms with E-state index in [1.165, 1.54) is 5.56 Å². The second-order valence-electron chi connectivity index (χ2n) is 3.98. The van der Waals surface area contributed by atoms with Gasteiger partial charge in [0.2, 0.25) is 5.95 Å². The molecule has 0 saturated carbocycles. The number of hydrogen-bond acceptors (Lipinski definition) is 4. The third-order valence-electron chi connectivity index (χ3n) is 2.67. The van der Waals surface area contributed by atoms with E-state index >= 15 is 0 Å². The molecule has 2 heterocycles. The van der Waals surface area contributed by atoms with Crippen molar-refractivity contribution in [1.29, 1.82) is 0 Å². The molecule has 0 aliphatic rings. The van der Waals surface area contributed by atoms with Crippen molar-refractivity contribution < 1.29 is 4.74 Å². The Morgan fingerprint density at radius 2 is 2.33 bits per heavy atom. The number of pyridine rings is 1. The number of nitrogens with one attached hydrogen (secondary N) is 1. The predicted octanol–water partition coefficient (Wildman–Crippen LogP) is 1.58. The van der Waals surface area contributed by atoms with Crippen LogP contribution < -0.4 is 5.32 Å². The van der Waals surface area contributed by atoms with Crippen molar-refractivity contribution in [3.05, 3.63) is 42.5 Å². The van der Waals surface area contributed by atoms with E-state index in [1.807, 2.05) is 23.0 Å². The normalized spacial score (nSPS) is 10.5. The first-order valence-corrected chi connectivity index (χ1v) is 6.03. The van der Waals surface area contributed by atoms with Crippen LogP contribution in [0.3, 0.4) is 0 Å². The Morgan fingerprint density at radius 3 is 3.11 bits per heavy atom. The highest BCUT2D eigenvalue weighted by molar-refractivity contribution is 5.26. The SMILES string of the molecule is COCCn1ccnc1NCCc1cccnc1. The molecule has 96 valence electrons. The molecule has 0 bridgehead atoms. The predicted molar refractivity (Wildman–Crippen MR) is 70.5 cm³/mol. The first-order valence-electron chi connectivity index (χ1n) is 6.03. The number of rotatable bonds is 7. The van der Waals surface area contributed by atoms with Crippen LogP contribution in [0.4, 0.5) is 5.95 Å². The van der Waals surface area contributed by atoms with Gasteiger partial charge in [0, 0.05) is 45.0 Å². The maximum Gasteiger partial charge on any atom is 0.202 e. The fraction of sp³-hybridized carbons (Fsp3) is 0.385. The average molecular weight is 246 g/mol. The van der Waals surface area contributed by atoms with Crippen molar-refractivity contribution in [2.75, 3.05) is 25.6 Å². The van der Waals surface area contributed by atoms with Gasteiger partial charge in [-0.1, -0.05) is 6.07 Å². The van der Waals surface area contributed by atoms with E-state index in [2.05, 4.69) is 21.4 Å². The lowest BCUT2D eigenvalue weighted by molar-refractivity contribution is 0.187. The zero-order valence-corrected chi connectivity index (χ0v) is 10.5. The van der Waals surface area contributed by atoms with Gasteiger partial charge in [-0.3, -0.25) is 4.98 Å². The van der Waals surface area contributed by atoms with Crippen molar-refractivity contribution in [3.63, 3.8) is 0 Å². The first-order chi connectivity index (χ1) is 8.90. The lowest BCUT2D eigenvalue weighted by atomic mass is 10.2. The molecule has 2 rings (SSSR count). The molecular weight excluding hydrogens is 228 g/mol. The van der Waals surface area contributed by atoms with Gasteiger partial charge in [0.1, 0.15) is 0 Å². The molecule has 0 spiro atoms. The minimum atomic E-state index is 0.688. The maximum atomic E-state index is 5.06. The summed E-state index contributed by atoms with van der Waals surface area (Å²) in [7, 11) is 1.70. The van der Waals surface area contributed by atoms with Crippen LogP contribution in [0.5, 0.6) is 0 Å². The minimum absolute atomic E-state index is 0.688. The Labute approximate surface area is 107 Å². The van der Waals surface area contributed by atoms with Crippen LogP contribution in [0.1, 0.15) is 5.56 Å². The highest BCUT2D eigenvalue weighted by Gasteiger charge is 2.01. The van der Waals surface area contributed by atoms with E-state index in [1.54, 1.807) is 19.5 Å². The summed E-state index contributed by atoms with van der Waals surface area (Å²) in [4.78, 5) is 8.37. The quantitative estimate of drug-likeness (QED) is 0.806. The van der Waals surface area contributed by atoms with Crippen molar-refractivity contribution in [1.82, 2.24) is 14.5 Å². The monoisotopic (exact) mass is 246 g/mol. The number of methoxy groups -OCH3 is 1. The van der Waals surface area contributed by atoms with E-state index in [4.69, 9.17) is 4.74 Å². The third kappa shape index (κ3) is 3.56. The van der Waals surface area contributed by atoms with Crippen LogP contribution in [-0.4, -0.2) is 34.8 Å². The van der Waals surface area contributed by atoms with Gasteiger partial charge in [0.05, 0.1) is 6.61 Å². The molecule has 2 aromatic rings. The lowest BCUT2D eigenvalue weighted by Crippen LogP contribution is -2.12. The van der Waals surface area contributed by atoms with Crippen LogP contribution >= 0.6 is 0 Å². The Bertz CT molecular complexity index is 455. The van der Waals surface area contributed by atoms with Gasteiger partial charge in [0.15, 0.2) is 0 Å². The van der Waals surface area contributed by atoms with Gasteiger partial charge in [-0.05, 0) is 18.1 Å². The molecule has 0 unspecified atom stereocenters. The number of aromatic nitrogens is 3. The Morgan fingerprint density at radius 1 is 1.39 bits per heavy atom. The molecule has 5 heteroatoms. The smallest absolute Gasteiger partial charge is 0.202 e. The molecule has 0 aliphatic heterocycles. The lowest BCUT2D eigenvalue weighted by Gasteiger charge is -2.09. The van der Waals surface area contributed by atoms with E-state index in [9.17, 15) is 0 Å². The van der Waals surface area contributed by atoms with Gasteiger partial charge in [-0.2, -0.15) is 0 Å². The molecule has 1 N–H and O–H groups in total. The first kappa shape index (κ1) is 12.6. The Kier molecular flexibility index (Phi) is 4.72. The average Bonchev–Trinajstić information content (AvgIpc) is 2.85. The van der Waals surface area contributed by atoms with Gasteiger partial charge < -0.3 is 14.6 Å². The zero-order chi connectivity index (χ0) is 12.6. The fourth-order valence-corrected chi connectivity index (χ4v) is 1.71. The second kappa shape index (κ2) is 6.76. The largest absolute Gasteiger partial charge is 0.383 e. The van der Waals surface area contributed by atoms with Gasteiger partial charge >= 0.3 is 0 Å². The summed E-state index contributed by atoms with van der Waals surface area (Å²) in [6.45, 7) is 2.34. The maximum absolute atomic E-state index is 5.06. The molecule has 0 fully saturated rings. The molecule has 0 aliphatic carbocycles. The van der Waals surface area contributed by atoms with Crippen LogP contribution in [0.25, 0.3) is 0 Å². The molecule has 0 saturated heterocycles. The highest BCUT2D eigenvalue weighted by Crippen LogP contribution is 2.05. The van der Waals surface area contributed by atoms with E-state index < -0.39 is 0 Å². The van der Waals surface area contributed by atoms with Crippen LogP contribution in [0.15, 0.2) is 36.9 Å². The van der Waals surface area contributed by atoms with Crippen molar-refractivity contribution in [3.8, 4) is 0 Å². The molecule has 0 amide bonds. The van der Waals surface area contributed by atoms with E-state index in [0.29, 0.717) is 6.61 Å². The standard InChI is InChI=1S/C13H18N4O/c1-18-10-9-17-8-7-16-13(17)15-6-4-12-3-2-5-14-11-12/h2-3,5,7-8,11H,4,6,9-10H2,1H3,(H,15,16). The highest BCUT2D eigenvalue weighted by atomic mass is 16.5. The van der Waals surface area contributed by atoms with Crippen molar-refractivity contribution in [2.45, 2.75) is 13.0 Å². The number of imidazole rings is 1. The topological polar surface area (TPSA) is 52.0 Å². The third-order valence-corrected chi connectivity index (χ3v) is 2.67. The Balaban J connectivity index is 1.81. The number of nitrogens with zero attached hydrogens (tertiary/aromatic N) is 3. The molecule has 18 heavy (non-hydrogen) atoms. The van der Waals surface area contributed by atoms with Gasteiger partial charge in [-0.15, -0.1) is 0 Å². The second-order valence-corrected chi connectivity index (χ2v) is 3.98. The Hall–Kier alpha value is -1.88. The summed E-state index contributed by atoms with van der Waals surface area (Å²) in [5, 5.41) is 3.32. The van der Waals surface area contributed by atoms with Crippen molar-refractivity contribution >= 4 is 5.95 Å². The number of hydrogen-bond donors (Lipinski definition) is 1. The molecule has 0 radical (unpaired) electrons. The summed E-state index contributed by atoms with van der Waals surface area (Å²) >= 11 is 0. The summed E-state index contributed by atoms with van der Waals surface area (Å²) in [5.74, 6) is 0.885. The minimum Gasteiger partial charge on any atom is -0.383 e. The van der Waals surface area contributed by atoms with E-state index in [0.717, 1.165) is 25.5 Å². The van der Waals surface area contributed by atoms with Crippen LogP contribution in [-0.2, 0) is 17.7 Å². The van der Waals surface area contributed by atoms with Crippen LogP contribution in [0, 0.1) is 0 Å². The summed E-state index contributed by atoms with van der Waals surface area (Å²) in [6, 6.07) is 4.03. The summed E-state index contributed by atoms with van der Waals surface area (Å²) in [5.41, 5.74) is 1.22. The van der Waals surface area contributed by atoms with Crippen molar-refractivity contribution in [2.24, 2.45) is 0 Å². The molecule has 2 aromatic heterocycles. The number of ether oxygens (including phenoxy) is 1. The number of anilines is 1. The summed E-state index contributed by atoms with van der Waals surface area (Å²) < 4.78 is 7.11.